The standard InChI is InChI=1S/C14H18O4/c1-8-4-9(2)6-11(5-8)7-12(14(17)18)10(3)13(15)16/h4-6,10,12H,7H2,1-3H3,(H,15,16)(H,17,18)/p-2/t10-,12+/m0/s1. The van der Waals surface area contributed by atoms with Crippen LogP contribution in [0.1, 0.15) is 23.6 Å². The Labute approximate surface area is 106 Å². The minimum atomic E-state index is -1.37. The van der Waals surface area contributed by atoms with Crippen LogP contribution >= 0.6 is 0 Å². The normalized spacial score (nSPS) is 13.9. The van der Waals surface area contributed by atoms with Crippen LogP contribution in [0.4, 0.5) is 0 Å². The molecule has 2 atom stereocenters. The summed E-state index contributed by atoms with van der Waals surface area (Å²) in [5, 5.41) is 21.8. The first kappa shape index (κ1) is 14.2. The van der Waals surface area contributed by atoms with Crippen molar-refractivity contribution in [1.29, 1.82) is 0 Å². The van der Waals surface area contributed by atoms with E-state index in [4.69, 9.17) is 0 Å². The lowest BCUT2D eigenvalue weighted by molar-refractivity contribution is -0.326. The lowest BCUT2D eigenvalue weighted by Crippen LogP contribution is -2.43. The highest BCUT2D eigenvalue weighted by Crippen LogP contribution is 2.19. The Bertz CT molecular complexity index is 445. The van der Waals surface area contributed by atoms with Crippen LogP contribution in [0.25, 0.3) is 0 Å². The van der Waals surface area contributed by atoms with Crippen LogP contribution in [0.3, 0.4) is 0 Å². The zero-order valence-electron chi connectivity index (χ0n) is 10.7. The second kappa shape index (κ2) is 5.67. The van der Waals surface area contributed by atoms with Gasteiger partial charge in [-0.3, -0.25) is 0 Å². The van der Waals surface area contributed by atoms with Gasteiger partial charge in [0.1, 0.15) is 0 Å². The van der Waals surface area contributed by atoms with Gasteiger partial charge in [-0.2, -0.15) is 0 Å². The van der Waals surface area contributed by atoms with E-state index in [0.29, 0.717) is 0 Å². The van der Waals surface area contributed by atoms with Gasteiger partial charge in [-0.15, -0.1) is 0 Å². The van der Waals surface area contributed by atoms with Crippen molar-refractivity contribution in [2.45, 2.75) is 27.2 Å². The summed E-state index contributed by atoms with van der Waals surface area (Å²) in [4.78, 5) is 21.8. The molecule has 98 valence electrons. The molecular weight excluding hydrogens is 232 g/mol. The molecule has 0 spiro atoms. The predicted octanol–water partition coefficient (Wildman–Crippen LogP) is -0.402. The molecule has 0 saturated heterocycles. The average Bonchev–Trinajstić information content (AvgIpc) is 2.23. The Morgan fingerprint density at radius 1 is 1.06 bits per heavy atom. The molecule has 0 aliphatic rings. The number of hydrogen-bond donors (Lipinski definition) is 0. The molecule has 0 radical (unpaired) electrons. The van der Waals surface area contributed by atoms with Crippen LogP contribution in [-0.4, -0.2) is 11.9 Å². The van der Waals surface area contributed by atoms with E-state index in [-0.39, 0.29) is 6.42 Å². The van der Waals surface area contributed by atoms with E-state index in [9.17, 15) is 19.8 Å². The van der Waals surface area contributed by atoms with Gasteiger partial charge in [-0.25, -0.2) is 0 Å². The maximum atomic E-state index is 11.0. The van der Waals surface area contributed by atoms with Crippen molar-refractivity contribution < 1.29 is 19.8 Å². The van der Waals surface area contributed by atoms with Gasteiger partial charge in [0, 0.05) is 23.8 Å². The number of carbonyl (C=O) groups excluding carboxylic acids is 2. The van der Waals surface area contributed by atoms with Crippen molar-refractivity contribution in [3.05, 3.63) is 34.9 Å². The van der Waals surface area contributed by atoms with Crippen LogP contribution in [0, 0.1) is 25.7 Å². The molecule has 1 rings (SSSR count). The lowest BCUT2D eigenvalue weighted by atomic mass is 9.87. The highest BCUT2D eigenvalue weighted by molar-refractivity contribution is 5.77. The third kappa shape index (κ3) is 3.58. The smallest absolute Gasteiger partial charge is 0.0455 e. The van der Waals surface area contributed by atoms with Crippen molar-refractivity contribution in [2.75, 3.05) is 0 Å². The SMILES string of the molecule is Cc1cc(C)cc(C[C@@H](C(=O)[O-])[C@H](C)C(=O)[O-])c1. The molecule has 18 heavy (non-hydrogen) atoms. The van der Waals surface area contributed by atoms with Crippen LogP contribution in [0.2, 0.25) is 0 Å². The molecule has 0 N–H and O–H groups in total. The van der Waals surface area contributed by atoms with Crippen LogP contribution in [0.15, 0.2) is 18.2 Å². The Kier molecular flexibility index (Phi) is 4.48. The highest BCUT2D eigenvalue weighted by atomic mass is 16.4. The Balaban J connectivity index is 2.96. The molecule has 0 amide bonds. The third-order valence-corrected chi connectivity index (χ3v) is 3.02. The van der Waals surface area contributed by atoms with Gasteiger partial charge in [0.05, 0.1) is 0 Å². The fraction of sp³-hybridized carbons (Fsp3) is 0.429. The maximum Gasteiger partial charge on any atom is 0.0455 e. The van der Waals surface area contributed by atoms with E-state index in [2.05, 4.69) is 0 Å². The molecule has 0 heterocycles. The van der Waals surface area contributed by atoms with E-state index in [1.165, 1.54) is 6.92 Å². The van der Waals surface area contributed by atoms with Crippen molar-refractivity contribution in [2.24, 2.45) is 11.8 Å². The first-order chi connectivity index (χ1) is 8.31. The monoisotopic (exact) mass is 248 g/mol. The molecule has 4 heteroatoms. The van der Waals surface area contributed by atoms with Gasteiger partial charge < -0.3 is 19.8 Å². The number of carboxylic acids is 2. The molecule has 0 aliphatic carbocycles. The predicted molar refractivity (Wildman–Crippen MR) is 62.3 cm³/mol. The lowest BCUT2D eigenvalue weighted by Gasteiger charge is -2.26. The fourth-order valence-corrected chi connectivity index (χ4v) is 2.07. The van der Waals surface area contributed by atoms with Gasteiger partial charge in [-0.1, -0.05) is 36.2 Å². The summed E-state index contributed by atoms with van der Waals surface area (Å²) >= 11 is 0. The molecule has 0 aliphatic heterocycles. The quantitative estimate of drug-likeness (QED) is 0.710. The molecule has 0 bridgehead atoms. The van der Waals surface area contributed by atoms with Gasteiger partial charge >= 0.3 is 0 Å². The van der Waals surface area contributed by atoms with E-state index >= 15 is 0 Å². The fourth-order valence-electron chi connectivity index (χ4n) is 2.07. The summed E-state index contributed by atoms with van der Waals surface area (Å²) in [6.07, 6.45) is 0.139. The molecular formula is C14H16O4-2. The largest absolute Gasteiger partial charge is 0.550 e. The van der Waals surface area contributed by atoms with E-state index < -0.39 is 23.8 Å². The molecule has 1 aromatic rings. The van der Waals surface area contributed by atoms with Crippen molar-refractivity contribution in [3.63, 3.8) is 0 Å². The second-order valence-electron chi connectivity index (χ2n) is 4.73. The van der Waals surface area contributed by atoms with Crippen LogP contribution < -0.4 is 10.2 Å². The summed E-state index contributed by atoms with van der Waals surface area (Å²) in [5.41, 5.74) is 2.83. The summed E-state index contributed by atoms with van der Waals surface area (Å²) < 4.78 is 0. The molecule has 1 aromatic carbocycles. The van der Waals surface area contributed by atoms with Crippen molar-refractivity contribution in [3.8, 4) is 0 Å². The summed E-state index contributed by atoms with van der Waals surface area (Å²) in [6, 6.07) is 5.68. The number of carbonyl (C=O) groups is 2. The van der Waals surface area contributed by atoms with Gasteiger partial charge in [-0.05, 0) is 25.8 Å². The third-order valence-electron chi connectivity index (χ3n) is 3.02. The van der Waals surface area contributed by atoms with Gasteiger partial charge in [0.15, 0.2) is 0 Å². The first-order valence-corrected chi connectivity index (χ1v) is 5.80. The van der Waals surface area contributed by atoms with Crippen LogP contribution in [0.5, 0.6) is 0 Å². The minimum absolute atomic E-state index is 0.139. The molecule has 0 aromatic heterocycles. The molecule has 0 fully saturated rings. The topological polar surface area (TPSA) is 80.3 Å². The number of carboxylic acid groups (broad SMARTS) is 2. The van der Waals surface area contributed by atoms with Crippen LogP contribution in [-0.2, 0) is 16.0 Å². The van der Waals surface area contributed by atoms with Gasteiger partial charge in [0.25, 0.3) is 0 Å². The molecule has 0 unspecified atom stereocenters. The summed E-state index contributed by atoms with van der Waals surface area (Å²) in [5.74, 6) is -4.87. The van der Waals surface area contributed by atoms with E-state index in [1.807, 2.05) is 32.0 Å². The van der Waals surface area contributed by atoms with Crippen molar-refractivity contribution in [1.82, 2.24) is 0 Å². The number of aryl methyl sites for hydroxylation is 2. The molecule has 4 nitrogen and oxygen atoms in total. The first-order valence-electron chi connectivity index (χ1n) is 5.80. The van der Waals surface area contributed by atoms with E-state index in [0.717, 1.165) is 16.7 Å². The number of aliphatic carboxylic acids is 2. The highest BCUT2D eigenvalue weighted by Gasteiger charge is 2.20. The summed E-state index contributed by atoms with van der Waals surface area (Å²) in [6.45, 7) is 5.15. The van der Waals surface area contributed by atoms with E-state index in [1.54, 1.807) is 0 Å². The number of rotatable bonds is 5. The minimum Gasteiger partial charge on any atom is -0.550 e. The number of hydrogen-bond acceptors (Lipinski definition) is 4. The molecule has 0 saturated carbocycles. The second-order valence-corrected chi connectivity index (χ2v) is 4.73. The van der Waals surface area contributed by atoms with Crippen molar-refractivity contribution >= 4 is 11.9 Å². The Hall–Kier alpha value is -1.84. The zero-order chi connectivity index (χ0) is 13.9. The Morgan fingerprint density at radius 2 is 1.56 bits per heavy atom. The maximum absolute atomic E-state index is 11.0. The Morgan fingerprint density at radius 3 is 1.94 bits per heavy atom. The zero-order valence-corrected chi connectivity index (χ0v) is 10.7. The summed E-state index contributed by atoms with van der Waals surface area (Å²) in [7, 11) is 0. The van der Waals surface area contributed by atoms with Gasteiger partial charge in [0.2, 0.25) is 0 Å². The average molecular weight is 248 g/mol. The number of benzene rings is 1.